The molecular weight excluding hydrogens is 399 g/mol. The number of aromatic nitrogens is 4. The summed E-state index contributed by atoms with van der Waals surface area (Å²) in [4.78, 5) is 31.2. The van der Waals surface area contributed by atoms with Gasteiger partial charge < -0.3 is 21.3 Å². The minimum absolute atomic E-state index is 0.175. The standard InChI is InChI=1S/C21H23FN8O/c1-13(14-4-6-15(22)7-5-14)26-21-28-17(27-18-12-24-8-9-25-18)11-19(29-21)30-10-2-3-16(30)20(23)31/h4-9,11-13,16H,2-3,10H2,1H3,(H2,23,31)(H2,25,26,27,28,29)/t13-,16?/m0/s1. The first-order valence-electron chi connectivity index (χ1n) is 9.99. The van der Waals surface area contributed by atoms with Crippen molar-refractivity contribution in [1.82, 2.24) is 19.9 Å². The van der Waals surface area contributed by atoms with Crippen LogP contribution in [0.25, 0.3) is 0 Å². The van der Waals surface area contributed by atoms with E-state index in [9.17, 15) is 9.18 Å². The van der Waals surface area contributed by atoms with E-state index >= 15 is 0 Å². The smallest absolute Gasteiger partial charge is 0.240 e. The largest absolute Gasteiger partial charge is 0.368 e. The van der Waals surface area contributed by atoms with Crippen LogP contribution in [0, 0.1) is 5.82 Å². The molecule has 1 aliphatic rings. The number of hydrogen-bond acceptors (Lipinski definition) is 8. The van der Waals surface area contributed by atoms with Crippen LogP contribution >= 0.6 is 0 Å². The van der Waals surface area contributed by atoms with Gasteiger partial charge in [0.15, 0.2) is 0 Å². The first-order valence-corrected chi connectivity index (χ1v) is 9.99. The minimum Gasteiger partial charge on any atom is -0.368 e. The predicted molar refractivity (Wildman–Crippen MR) is 115 cm³/mol. The molecule has 0 aliphatic carbocycles. The summed E-state index contributed by atoms with van der Waals surface area (Å²) < 4.78 is 13.3. The lowest BCUT2D eigenvalue weighted by molar-refractivity contribution is -0.119. The van der Waals surface area contributed by atoms with Gasteiger partial charge in [-0.1, -0.05) is 12.1 Å². The van der Waals surface area contributed by atoms with Crippen LogP contribution in [0.1, 0.15) is 31.4 Å². The Balaban J connectivity index is 1.65. The number of primary amides is 1. The third-order valence-corrected chi connectivity index (χ3v) is 5.12. The zero-order chi connectivity index (χ0) is 21.8. The molecule has 1 fully saturated rings. The van der Waals surface area contributed by atoms with E-state index in [2.05, 4.69) is 30.6 Å². The van der Waals surface area contributed by atoms with Gasteiger partial charge in [0.25, 0.3) is 0 Å². The molecule has 3 aromatic rings. The van der Waals surface area contributed by atoms with Crippen molar-refractivity contribution < 1.29 is 9.18 Å². The summed E-state index contributed by atoms with van der Waals surface area (Å²) in [5, 5.41) is 6.36. The van der Waals surface area contributed by atoms with Crippen molar-refractivity contribution in [2.75, 3.05) is 22.1 Å². The van der Waals surface area contributed by atoms with E-state index in [-0.39, 0.29) is 17.8 Å². The summed E-state index contributed by atoms with van der Waals surface area (Å²) in [6.45, 7) is 2.60. The second-order valence-corrected chi connectivity index (χ2v) is 7.32. The van der Waals surface area contributed by atoms with E-state index in [1.807, 2.05) is 11.8 Å². The maximum atomic E-state index is 13.3. The van der Waals surface area contributed by atoms with Gasteiger partial charge in [0.2, 0.25) is 11.9 Å². The number of nitrogens with one attached hydrogen (secondary N) is 2. The number of halogens is 1. The van der Waals surface area contributed by atoms with Gasteiger partial charge in [-0.05, 0) is 37.5 Å². The van der Waals surface area contributed by atoms with Crippen LogP contribution in [-0.2, 0) is 4.79 Å². The van der Waals surface area contributed by atoms with E-state index in [4.69, 9.17) is 5.73 Å². The third-order valence-electron chi connectivity index (χ3n) is 5.12. The number of nitrogens with two attached hydrogens (primary N) is 1. The van der Waals surface area contributed by atoms with Crippen molar-refractivity contribution in [3.05, 3.63) is 60.3 Å². The van der Waals surface area contributed by atoms with E-state index in [0.717, 1.165) is 12.0 Å². The van der Waals surface area contributed by atoms with Gasteiger partial charge in [-0.2, -0.15) is 9.97 Å². The number of rotatable bonds is 7. The van der Waals surface area contributed by atoms with Crippen molar-refractivity contribution >= 4 is 29.3 Å². The molecule has 3 heterocycles. The molecule has 1 saturated heterocycles. The summed E-state index contributed by atoms with van der Waals surface area (Å²) in [5.41, 5.74) is 6.47. The van der Waals surface area contributed by atoms with Crippen LogP contribution in [0.15, 0.2) is 48.9 Å². The molecule has 1 aromatic carbocycles. The minimum atomic E-state index is -0.415. The predicted octanol–water partition coefficient (Wildman–Crippen LogP) is 2.78. The zero-order valence-corrected chi connectivity index (χ0v) is 17.0. The van der Waals surface area contributed by atoms with Crippen LogP contribution in [-0.4, -0.2) is 38.4 Å². The first-order chi connectivity index (χ1) is 15.0. The van der Waals surface area contributed by atoms with Crippen LogP contribution in [0.5, 0.6) is 0 Å². The Morgan fingerprint density at radius 1 is 1.23 bits per heavy atom. The van der Waals surface area contributed by atoms with Gasteiger partial charge >= 0.3 is 0 Å². The van der Waals surface area contributed by atoms with Gasteiger partial charge in [-0.25, -0.2) is 9.37 Å². The molecule has 0 saturated carbocycles. The molecule has 160 valence electrons. The summed E-state index contributed by atoms with van der Waals surface area (Å²) in [7, 11) is 0. The number of anilines is 4. The molecular formula is C21H23FN8O. The Kier molecular flexibility index (Phi) is 5.87. The van der Waals surface area contributed by atoms with Crippen LogP contribution in [0.2, 0.25) is 0 Å². The molecule has 1 unspecified atom stereocenters. The van der Waals surface area contributed by atoms with Gasteiger partial charge in [-0.3, -0.25) is 9.78 Å². The maximum absolute atomic E-state index is 13.3. The fraction of sp³-hybridized carbons (Fsp3) is 0.286. The molecule has 4 rings (SSSR count). The Hall–Kier alpha value is -3.82. The molecule has 0 bridgehead atoms. The second-order valence-electron chi connectivity index (χ2n) is 7.32. The highest BCUT2D eigenvalue weighted by molar-refractivity contribution is 5.84. The number of carbonyl (C=O) groups is 1. The van der Waals surface area contributed by atoms with E-state index in [1.54, 1.807) is 36.8 Å². The summed E-state index contributed by atoms with van der Waals surface area (Å²) in [6, 6.07) is 7.40. The number of hydrogen-bond donors (Lipinski definition) is 3. The second kappa shape index (κ2) is 8.90. The van der Waals surface area contributed by atoms with Crippen molar-refractivity contribution in [2.24, 2.45) is 5.73 Å². The summed E-state index contributed by atoms with van der Waals surface area (Å²) in [5.74, 6) is 1.28. The SMILES string of the molecule is C[C@H](Nc1nc(Nc2cnccn2)cc(N2CCCC2C(N)=O)n1)c1ccc(F)cc1. The van der Waals surface area contributed by atoms with Crippen molar-refractivity contribution in [1.29, 1.82) is 0 Å². The lowest BCUT2D eigenvalue weighted by Gasteiger charge is -2.24. The number of carbonyl (C=O) groups excluding carboxylic acids is 1. The van der Waals surface area contributed by atoms with Gasteiger partial charge in [-0.15, -0.1) is 0 Å². The summed E-state index contributed by atoms with van der Waals surface area (Å²) in [6.07, 6.45) is 6.26. The summed E-state index contributed by atoms with van der Waals surface area (Å²) >= 11 is 0. The molecule has 0 radical (unpaired) electrons. The Morgan fingerprint density at radius 2 is 2.03 bits per heavy atom. The molecule has 31 heavy (non-hydrogen) atoms. The molecule has 0 spiro atoms. The first kappa shape index (κ1) is 20.5. The molecule has 9 nitrogen and oxygen atoms in total. The average Bonchev–Trinajstić information content (AvgIpc) is 3.25. The molecule has 2 aromatic heterocycles. The zero-order valence-electron chi connectivity index (χ0n) is 17.0. The molecule has 4 N–H and O–H groups in total. The molecule has 10 heteroatoms. The Labute approximate surface area is 178 Å². The van der Waals surface area contributed by atoms with E-state index in [1.165, 1.54) is 12.1 Å². The lowest BCUT2D eigenvalue weighted by Crippen LogP contribution is -2.40. The van der Waals surface area contributed by atoms with Crippen molar-refractivity contribution in [2.45, 2.75) is 31.8 Å². The molecule has 1 aliphatic heterocycles. The average molecular weight is 422 g/mol. The van der Waals surface area contributed by atoms with Gasteiger partial charge in [0.1, 0.15) is 29.3 Å². The fourth-order valence-electron chi connectivity index (χ4n) is 3.57. The quantitative estimate of drug-likeness (QED) is 0.531. The topological polar surface area (TPSA) is 122 Å². The van der Waals surface area contributed by atoms with E-state index in [0.29, 0.717) is 36.4 Å². The number of nitrogens with zero attached hydrogens (tertiary/aromatic N) is 5. The lowest BCUT2D eigenvalue weighted by atomic mass is 10.1. The molecule has 1 amide bonds. The van der Waals surface area contributed by atoms with Gasteiger partial charge in [0, 0.05) is 25.0 Å². The number of benzene rings is 1. The van der Waals surface area contributed by atoms with Crippen LogP contribution in [0.3, 0.4) is 0 Å². The Morgan fingerprint density at radius 3 is 2.74 bits per heavy atom. The monoisotopic (exact) mass is 422 g/mol. The highest BCUT2D eigenvalue weighted by Gasteiger charge is 2.30. The highest BCUT2D eigenvalue weighted by atomic mass is 19.1. The fourth-order valence-corrected chi connectivity index (χ4v) is 3.57. The van der Waals surface area contributed by atoms with Gasteiger partial charge in [0.05, 0.1) is 12.2 Å². The van der Waals surface area contributed by atoms with E-state index < -0.39 is 6.04 Å². The normalized spacial score (nSPS) is 16.7. The third kappa shape index (κ3) is 4.85. The van der Waals surface area contributed by atoms with Crippen molar-refractivity contribution in [3.8, 4) is 0 Å². The van der Waals surface area contributed by atoms with Crippen LogP contribution in [0.4, 0.5) is 27.8 Å². The number of amides is 1. The molecule has 2 atom stereocenters. The van der Waals surface area contributed by atoms with Crippen molar-refractivity contribution in [3.63, 3.8) is 0 Å². The van der Waals surface area contributed by atoms with Crippen LogP contribution < -0.4 is 21.3 Å². The highest BCUT2D eigenvalue weighted by Crippen LogP contribution is 2.28. The Bertz CT molecular complexity index is 1050. The maximum Gasteiger partial charge on any atom is 0.240 e.